The molecule has 2 aromatic carbocycles. The molecule has 1 amide bonds. The highest BCUT2D eigenvalue weighted by Gasteiger charge is 2.40. The number of carboxylic acids is 1. The van der Waals surface area contributed by atoms with Gasteiger partial charge in [0.1, 0.15) is 11.4 Å². The minimum atomic E-state index is -2.62. The predicted molar refractivity (Wildman–Crippen MR) is 250 cm³/mol. The second-order valence-corrected chi connectivity index (χ2v) is 18.0. The number of alkyl halides is 4. The summed E-state index contributed by atoms with van der Waals surface area (Å²) in [6.45, 7) is 8.82. The van der Waals surface area contributed by atoms with E-state index >= 15 is 0 Å². The van der Waals surface area contributed by atoms with Crippen molar-refractivity contribution in [3.05, 3.63) is 97.6 Å². The number of piperazine rings is 2. The topological polar surface area (TPSA) is 153 Å². The molecule has 6 aromatic rings. The summed E-state index contributed by atoms with van der Waals surface area (Å²) in [5.74, 6) is -5.33. The van der Waals surface area contributed by atoms with Gasteiger partial charge in [0.25, 0.3) is 0 Å². The molecule has 2 saturated carbocycles. The van der Waals surface area contributed by atoms with Crippen LogP contribution in [0.5, 0.6) is 0 Å². The van der Waals surface area contributed by atoms with Gasteiger partial charge in [0.05, 0.1) is 5.92 Å². The maximum absolute atomic E-state index is 13.5. The van der Waals surface area contributed by atoms with Crippen LogP contribution in [0.15, 0.2) is 97.6 Å². The van der Waals surface area contributed by atoms with Crippen LogP contribution in [-0.4, -0.2) is 115 Å². The van der Waals surface area contributed by atoms with E-state index in [0.717, 1.165) is 75.3 Å². The number of amides is 1. The zero-order valence-electron chi connectivity index (χ0n) is 37.7. The monoisotopic (exact) mass is 920 g/mol. The van der Waals surface area contributed by atoms with Crippen molar-refractivity contribution < 1.29 is 32.3 Å². The fraction of sp³-hybridized carbons (Fsp3) is 0.440. The largest absolute Gasteiger partial charge is 0.481 e. The zero-order valence-corrected chi connectivity index (χ0v) is 37.7. The van der Waals surface area contributed by atoms with Crippen LogP contribution >= 0.6 is 0 Å². The van der Waals surface area contributed by atoms with Gasteiger partial charge in [-0.15, -0.1) is 20.4 Å². The van der Waals surface area contributed by atoms with Gasteiger partial charge in [-0.2, -0.15) is 0 Å². The zero-order chi connectivity index (χ0) is 47.1. The van der Waals surface area contributed by atoms with E-state index in [1.54, 1.807) is 6.20 Å². The summed E-state index contributed by atoms with van der Waals surface area (Å²) in [5, 5.41) is 34.2. The molecule has 67 heavy (non-hydrogen) atoms. The van der Waals surface area contributed by atoms with Crippen molar-refractivity contribution in [2.75, 3.05) is 49.1 Å². The van der Waals surface area contributed by atoms with E-state index in [1.165, 1.54) is 0 Å². The molecule has 0 spiro atoms. The highest BCUT2D eigenvalue weighted by atomic mass is 19.3. The highest BCUT2D eigenvalue weighted by Crippen LogP contribution is 2.39. The summed E-state index contributed by atoms with van der Waals surface area (Å²) in [4.78, 5) is 38.3. The van der Waals surface area contributed by atoms with Crippen molar-refractivity contribution in [3.8, 4) is 22.5 Å². The molecule has 10 rings (SSSR count). The molecule has 17 heteroatoms. The molecule has 4 aliphatic rings. The number of halogens is 4. The van der Waals surface area contributed by atoms with Crippen molar-refractivity contribution in [2.24, 2.45) is 11.8 Å². The van der Waals surface area contributed by atoms with Crippen molar-refractivity contribution >= 4 is 45.1 Å². The number of carbonyl (C=O) groups excluding carboxylic acids is 1. The van der Waals surface area contributed by atoms with E-state index in [-0.39, 0.29) is 69.2 Å². The van der Waals surface area contributed by atoms with Crippen molar-refractivity contribution in [2.45, 2.75) is 89.1 Å². The number of aromatic nitrogens is 6. The van der Waals surface area contributed by atoms with E-state index in [9.17, 15) is 27.2 Å². The Kier molecular flexibility index (Phi) is 14.5. The van der Waals surface area contributed by atoms with Crippen LogP contribution in [0.25, 0.3) is 44.1 Å². The quantitative estimate of drug-likeness (QED) is 0.153. The van der Waals surface area contributed by atoms with Crippen LogP contribution in [0.3, 0.4) is 0 Å². The van der Waals surface area contributed by atoms with Gasteiger partial charge in [0.15, 0.2) is 11.6 Å². The van der Waals surface area contributed by atoms with E-state index in [0.29, 0.717) is 25.7 Å². The first-order valence-electron chi connectivity index (χ1n) is 23.1. The summed E-state index contributed by atoms with van der Waals surface area (Å²) < 4.78 is 51.9. The molecule has 0 unspecified atom stereocenters. The van der Waals surface area contributed by atoms with Crippen molar-refractivity contribution in [3.63, 3.8) is 0 Å². The number of rotatable bonds is 6. The number of carbonyl (C=O) groups is 2. The molecule has 4 fully saturated rings. The molecule has 2 aliphatic carbocycles. The summed E-state index contributed by atoms with van der Waals surface area (Å²) in [6.07, 6.45) is 7.13. The number of carboxylic acid groups (broad SMARTS) is 1. The molecule has 2 atom stereocenters. The second-order valence-electron chi connectivity index (χ2n) is 18.0. The van der Waals surface area contributed by atoms with Gasteiger partial charge in [-0.1, -0.05) is 60.7 Å². The average molecular weight is 921 g/mol. The third kappa shape index (κ3) is 11.1. The van der Waals surface area contributed by atoms with E-state index < -0.39 is 23.7 Å². The second kappa shape index (κ2) is 20.7. The fourth-order valence-corrected chi connectivity index (χ4v) is 9.47. The number of nitrogens with zero attached hydrogens (tertiary/aromatic N) is 9. The first-order valence-corrected chi connectivity index (χ1v) is 23.1. The van der Waals surface area contributed by atoms with E-state index in [2.05, 4.69) is 71.5 Å². The molecule has 2 saturated heterocycles. The van der Waals surface area contributed by atoms with Crippen LogP contribution in [0.1, 0.15) is 65.2 Å². The summed E-state index contributed by atoms with van der Waals surface area (Å²) in [7, 11) is 0. The molecule has 6 heterocycles. The van der Waals surface area contributed by atoms with Gasteiger partial charge in [-0.05, 0) is 51.7 Å². The molecule has 4 aromatic heterocycles. The number of benzene rings is 2. The van der Waals surface area contributed by atoms with Crippen LogP contribution in [0.4, 0.5) is 29.2 Å². The molecule has 2 aliphatic heterocycles. The summed E-state index contributed by atoms with van der Waals surface area (Å²) in [6, 6.07) is 24.5. The van der Waals surface area contributed by atoms with E-state index in [1.807, 2.05) is 84.2 Å². The van der Waals surface area contributed by atoms with Gasteiger partial charge in [-0.3, -0.25) is 19.6 Å². The molecular formula is C50H56F4N10O3. The number of nitrogens with one attached hydrogen (secondary N) is 1. The highest BCUT2D eigenvalue weighted by molar-refractivity contribution is 6.01. The van der Waals surface area contributed by atoms with Gasteiger partial charge in [0.2, 0.25) is 17.8 Å². The number of anilines is 2. The van der Waals surface area contributed by atoms with Gasteiger partial charge in [0, 0.05) is 140 Å². The molecule has 2 N–H and O–H groups in total. The Morgan fingerprint density at radius 1 is 0.612 bits per heavy atom. The summed E-state index contributed by atoms with van der Waals surface area (Å²) >= 11 is 0. The standard InChI is InChI=1S/C25H27F2N5O.C18H19N5.C7H10F2O2/c1-17-16-31(24(33)19-7-10-25(26,27)11-8-19)13-14-32(17)23-21-15-28-12-9-20(21)22(29-30-23)18-5-3-2-4-6-18;1-13-11-20-9-10-23(13)18-16-12-19-8-7-15(16)17(21-22-18)14-5-3-2-4-6-14;8-7(9)3-1-5(2-4-7)6(10)11/h2-6,9,12,15,17,19H,7-8,10-11,13-14,16H2,1H3;2-8,12-13,20H,9-11H2,1H3;5H,1-4H2,(H,10,11)/t17-;13-;/m11./s1. The minimum Gasteiger partial charge on any atom is -0.481 e. The van der Waals surface area contributed by atoms with Crippen LogP contribution in [0, 0.1) is 11.8 Å². The first-order chi connectivity index (χ1) is 32.3. The number of hydrogen-bond donors (Lipinski definition) is 2. The number of fused-ring (bicyclic) bond motifs is 2. The Morgan fingerprint density at radius 2 is 1.09 bits per heavy atom. The first kappa shape index (κ1) is 47.1. The Labute approximate surface area is 387 Å². The van der Waals surface area contributed by atoms with Crippen molar-refractivity contribution in [1.82, 2.24) is 40.6 Å². The Morgan fingerprint density at radius 3 is 1.55 bits per heavy atom. The smallest absolute Gasteiger partial charge is 0.306 e. The normalized spacial score (nSPS) is 20.9. The number of hydrogen-bond acceptors (Lipinski definition) is 11. The maximum atomic E-state index is 13.5. The molecule has 0 bridgehead atoms. The molecular weight excluding hydrogens is 865 g/mol. The van der Waals surface area contributed by atoms with Gasteiger partial charge < -0.3 is 25.1 Å². The Bertz CT molecular complexity index is 2630. The minimum absolute atomic E-state index is 0.00837. The van der Waals surface area contributed by atoms with Gasteiger partial charge >= 0.3 is 5.97 Å². The van der Waals surface area contributed by atoms with Crippen LogP contribution < -0.4 is 15.1 Å². The van der Waals surface area contributed by atoms with Crippen LogP contribution in [-0.2, 0) is 9.59 Å². The summed E-state index contributed by atoms with van der Waals surface area (Å²) in [5.41, 5.74) is 3.80. The fourth-order valence-electron chi connectivity index (χ4n) is 9.47. The Balaban J connectivity index is 0.000000154. The Hall–Kier alpha value is -6.36. The third-order valence-electron chi connectivity index (χ3n) is 13.3. The molecule has 352 valence electrons. The van der Waals surface area contributed by atoms with E-state index in [4.69, 9.17) is 5.11 Å². The lowest BCUT2D eigenvalue weighted by molar-refractivity contribution is -0.146. The lowest BCUT2D eigenvalue weighted by Crippen LogP contribution is -2.55. The third-order valence-corrected chi connectivity index (χ3v) is 13.3. The lowest BCUT2D eigenvalue weighted by Gasteiger charge is -2.42. The molecule has 13 nitrogen and oxygen atoms in total. The van der Waals surface area contributed by atoms with Crippen LogP contribution in [0.2, 0.25) is 0 Å². The maximum Gasteiger partial charge on any atom is 0.306 e. The molecule has 0 radical (unpaired) electrons. The number of pyridine rings is 2. The lowest BCUT2D eigenvalue weighted by atomic mass is 9.85. The van der Waals surface area contributed by atoms with Gasteiger partial charge in [-0.25, -0.2) is 17.6 Å². The predicted octanol–water partition coefficient (Wildman–Crippen LogP) is 8.94. The van der Waals surface area contributed by atoms with Crippen molar-refractivity contribution in [1.29, 1.82) is 0 Å². The average Bonchev–Trinajstić information content (AvgIpc) is 3.34. The SMILES string of the molecule is C[C@@H]1CN(C(=O)C2CCC(F)(F)CC2)CCN1c1nnc(-c2ccccc2)c2ccncc12.C[C@@H]1CNCCN1c1nnc(-c2ccccc2)c2ccncc12.O=C(O)C1CCC(F)(F)CC1. The number of aliphatic carboxylic acids is 1.